The van der Waals surface area contributed by atoms with Crippen LogP contribution in [0.1, 0.15) is 13.8 Å². The van der Waals surface area contributed by atoms with Crippen LogP contribution >= 0.6 is 11.8 Å². The summed E-state index contributed by atoms with van der Waals surface area (Å²) in [6.45, 7) is 5.15. The second-order valence-electron chi connectivity index (χ2n) is 4.71. The number of aromatic nitrogens is 1. The number of carbonyl (C=O) groups excluding carboxylic acids is 1. The van der Waals surface area contributed by atoms with Crippen molar-refractivity contribution in [2.75, 3.05) is 13.2 Å². The molecule has 92 valence electrons. The van der Waals surface area contributed by atoms with Crippen LogP contribution in [0.4, 0.5) is 0 Å². The normalized spacial score (nSPS) is 20.1. The lowest BCUT2D eigenvalue weighted by Gasteiger charge is -2.33. The molecule has 0 radical (unpaired) electrons. The van der Waals surface area contributed by atoms with E-state index in [1.807, 2.05) is 26.0 Å². The highest BCUT2D eigenvalue weighted by molar-refractivity contribution is 8.13. The topological polar surface area (TPSA) is 48.4 Å². The first-order valence-electron chi connectivity index (χ1n) is 5.43. The Morgan fingerprint density at radius 3 is 2.71 bits per heavy atom. The van der Waals surface area contributed by atoms with Crippen LogP contribution in [0.3, 0.4) is 0 Å². The molecule has 2 rings (SSSR count). The molecule has 1 fully saturated rings. The van der Waals surface area contributed by atoms with Crippen molar-refractivity contribution in [3.8, 4) is 0 Å². The van der Waals surface area contributed by atoms with E-state index in [4.69, 9.17) is 9.47 Å². The Hall–Kier alpha value is -0.910. The zero-order valence-corrected chi connectivity index (χ0v) is 10.7. The molecule has 0 bridgehead atoms. The Bertz CT molecular complexity index is 384. The lowest BCUT2D eigenvalue weighted by molar-refractivity contribution is -0.212. The van der Waals surface area contributed by atoms with Crippen LogP contribution in [-0.4, -0.2) is 29.6 Å². The van der Waals surface area contributed by atoms with Crippen LogP contribution in [-0.2, 0) is 14.3 Å². The number of hydrogen-bond acceptors (Lipinski definition) is 5. The molecule has 0 spiro atoms. The fourth-order valence-corrected chi connectivity index (χ4v) is 2.09. The highest BCUT2D eigenvalue weighted by Crippen LogP contribution is 2.27. The molecule has 1 aromatic heterocycles. The van der Waals surface area contributed by atoms with E-state index in [2.05, 4.69) is 4.98 Å². The van der Waals surface area contributed by atoms with Gasteiger partial charge in [-0.3, -0.25) is 4.79 Å². The summed E-state index contributed by atoms with van der Waals surface area (Å²) in [6.07, 6.45) is 0.886. The molecule has 0 unspecified atom stereocenters. The summed E-state index contributed by atoms with van der Waals surface area (Å²) in [4.78, 5) is 15.9. The Balaban J connectivity index is 1.90. The summed E-state index contributed by atoms with van der Waals surface area (Å²) < 4.78 is 10.8. The molecule has 17 heavy (non-hydrogen) atoms. The number of ether oxygens (including phenoxy) is 2. The summed E-state index contributed by atoms with van der Waals surface area (Å²) in [5.41, 5.74) is -0.0214. The zero-order chi connectivity index (χ0) is 12.3. The van der Waals surface area contributed by atoms with Gasteiger partial charge in [-0.25, -0.2) is 4.98 Å². The van der Waals surface area contributed by atoms with Crippen LogP contribution in [0.25, 0.3) is 0 Å². The maximum Gasteiger partial charge on any atom is 0.251 e. The molecule has 5 heteroatoms. The third-order valence-electron chi connectivity index (χ3n) is 2.29. The fraction of sp³-hybridized carbons (Fsp3) is 0.500. The standard InChI is InChI=1S/C12H15NO3S/c1-12(2)7-15-11(16-8-12)10(14)17-9-5-3-4-6-13-9/h3-6,11H,7-8H2,1-2H3. The molecule has 4 nitrogen and oxygen atoms in total. The van der Waals surface area contributed by atoms with E-state index < -0.39 is 6.29 Å². The third-order valence-corrected chi connectivity index (χ3v) is 3.13. The highest BCUT2D eigenvalue weighted by Gasteiger charge is 2.32. The monoisotopic (exact) mass is 253 g/mol. The molecule has 0 N–H and O–H groups in total. The summed E-state index contributed by atoms with van der Waals surface area (Å²) in [6, 6.07) is 5.44. The molecule has 0 aromatic carbocycles. The number of hydrogen-bond donors (Lipinski definition) is 0. The maximum absolute atomic E-state index is 11.9. The predicted octanol–water partition coefficient (Wildman–Crippen LogP) is 2.10. The van der Waals surface area contributed by atoms with E-state index in [1.54, 1.807) is 12.3 Å². The molecule has 1 aromatic rings. The smallest absolute Gasteiger partial charge is 0.251 e. The molecule has 0 aliphatic carbocycles. The van der Waals surface area contributed by atoms with Gasteiger partial charge in [0.05, 0.1) is 13.2 Å². The second kappa shape index (κ2) is 5.16. The van der Waals surface area contributed by atoms with Gasteiger partial charge < -0.3 is 9.47 Å². The van der Waals surface area contributed by atoms with Crippen LogP contribution in [0.2, 0.25) is 0 Å². The summed E-state index contributed by atoms with van der Waals surface area (Å²) in [5, 5.41) is 0.508. The van der Waals surface area contributed by atoms with Crippen LogP contribution in [0.5, 0.6) is 0 Å². The minimum absolute atomic E-state index is 0.0214. The first-order valence-corrected chi connectivity index (χ1v) is 6.24. The molecule has 0 saturated carbocycles. The molecular weight excluding hydrogens is 238 g/mol. The Morgan fingerprint density at radius 1 is 1.41 bits per heavy atom. The first-order chi connectivity index (χ1) is 8.07. The van der Waals surface area contributed by atoms with E-state index in [9.17, 15) is 4.79 Å². The number of pyridine rings is 1. The van der Waals surface area contributed by atoms with Crippen molar-refractivity contribution < 1.29 is 14.3 Å². The Kier molecular flexibility index (Phi) is 3.81. The molecule has 1 aliphatic rings. The first kappa shape index (κ1) is 12.5. The van der Waals surface area contributed by atoms with E-state index >= 15 is 0 Å². The predicted molar refractivity (Wildman–Crippen MR) is 64.6 cm³/mol. The number of rotatable bonds is 2. The summed E-state index contributed by atoms with van der Waals surface area (Å²) in [5.74, 6) is 0. The second-order valence-corrected chi connectivity index (χ2v) is 5.73. The quantitative estimate of drug-likeness (QED) is 0.755. The van der Waals surface area contributed by atoms with Crippen molar-refractivity contribution in [1.82, 2.24) is 4.98 Å². The van der Waals surface area contributed by atoms with Crippen molar-refractivity contribution in [3.05, 3.63) is 24.4 Å². The van der Waals surface area contributed by atoms with Crippen molar-refractivity contribution in [1.29, 1.82) is 0 Å². The minimum Gasteiger partial charge on any atom is -0.345 e. The summed E-state index contributed by atoms with van der Waals surface area (Å²) >= 11 is 1.05. The Morgan fingerprint density at radius 2 is 2.12 bits per heavy atom. The number of thioether (sulfide) groups is 1. The zero-order valence-electron chi connectivity index (χ0n) is 9.88. The molecule has 0 amide bonds. The van der Waals surface area contributed by atoms with Gasteiger partial charge >= 0.3 is 0 Å². The average Bonchev–Trinajstić information content (AvgIpc) is 2.30. The van der Waals surface area contributed by atoms with Gasteiger partial charge in [-0.05, 0) is 23.9 Å². The van der Waals surface area contributed by atoms with Crippen molar-refractivity contribution in [2.45, 2.75) is 25.2 Å². The molecule has 0 atom stereocenters. The van der Waals surface area contributed by atoms with Crippen LogP contribution in [0, 0.1) is 5.41 Å². The SMILES string of the molecule is CC1(C)COC(C(=O)Sc2ccccn2)OC1. The van der Waals surface area contributed by atoms with Gasteiger partial charge in [-0.2, -0.15) is 0 Å². The van der Waals surface area contributed by atoms with Gasteiger partial charge in [0.2, 0.25) is 6.29 Å². The van der Waals surface area contributed by atoms with Crippen molar-refractivity contribution in [3.63, 3.8) is 0 Å². The van der Waals surface area contributed by atoms with E-state index in [0.29, 0.717) is 18.2 Å². The lowest BCUT2D eigenvalue weighted by Crippen LogP contribution is -2.40. The fourth-order valence-electron chi connectivity index (χ4n) is 1.39. The minimum atomic E-state index is -0.768. The van der Waals surface area contributed by atoms with E-state index in [0.717, 1.165) is 11.8 Å². The van der Waals surface area contributed by atoms with Crippen molar-refractivity contribution >= 4 is 16.9 Å². The maximum atomic E-state index is 11.9. The Labute approximate surface area is 105 Å². The molecule has 2 heterocycles. The number of carbonyl (C=O) groups is 1. The molecule has 1 saturated heterocycles. The average molecular weight is 253 g/mol. The van der Waals surface area contributed by atoms with Crippen molar-refractivity contribution in [2.24, 2.45) is 5.41 Å². The van der Waals surface area contributed by atoms with Gasteiger partial charge in [0.15, 0.2) is 0 Å². The van der Waals surface area contributed by atoms with Gasteiger partial charge in [0.25, 0.3) is 5.12 Å². The molecular formula is C12H15NO3S. The van der Waals surface area contributed by atoms with Crippen LogP contribution < -0.4 is 0 Å². The van der Waals surface area contributed by atoms with Gasteiger partial charge in [0, 0.05) is 11.6 Å². The molecule has 1 aliphatic heterocycles. The van der Waals surface area contributed by atoms with E-state index in [1.165, 1.54) is 0 Å². The highest BCUT2D eigenvalue weighted by atomic mass is 32.2. The van der Waals surface area contributed by atoms with E-state index in [-0.39, 0.29) is 10.5 Å². The van der Waals surface area contributed by atoms with Gasteiger partial charge in [0.1, 0.15) is 5.03 Å². The van der Waals surface area contributed by atoms with Gasteiger partial charge in [-0.15, -0.1) is 0 Å². The third kappa shape index (κ3) is 3.52. The largest absolute Gasteiger partial charge is 0.345 e. The lowest BCUT2D eigenvalue weighted by atomic mass is 9.96. The number of nitrogens with zero attached hydrogens (tertiary/aromatic N) is 1. The summed E-state index contributed by atoms with van der Waals surface area (Å²) in [7, 11) is 0. The van der Waals surface area contributed by atoms with Crippen LogP contribution in [0.15, 0.2) is 29.4 Å². The van der Waals surface area contributed by atoms with Gasteiger partial charge in [-0.1, -0.05) is 19.9 Å².